The first-order chi connectivity index (χ1) is 7.73. The molecule has 0 fully saturated rings. The Balaban J connectivity index is 4.66. The standard InChI is InChI=1S/C10H20F3N3O/c1-4-5-7(2)16(3)6-8(9(14)15-17)10(11,12)13/h7-8,17H,4-6H2,1-3H3,(H2,14,15). The number of hydrogen-bond acceptors (Lipinski definition) is 3. The van der Waals surface area contributed by atoms with E-state index >= 15 is 0 Å². The Labute approximate surface area is 99.3 Å². The lowest BCUT2D eigenvalue weighted by molar-refractivity contribution is -0.160. The van der Waals surface area contributed by atoms with Crippen LogP contribution in [0.15, 0.2) is 5.16 Å². The maximum absolute atomic E-state index is 12.7. The highest BCUT2D eigenvalue weighted by atomic mass is 19.4. The molecule has 0 aromatic heterocycles. The minimum Gasteiger partial charge on any atom is -0.409 e. The van der Waals surface area contributed by atoms with Gasteiger partial charge in [0, 0.05) is 12.6 Å². The van der Waals surface area contributed by atoms with E-state index < -0.39 is 17.9 Å². The van der Waals surface area contributed by atoms with Gasteiger partial charge in [0.2, 0.25) is 0 Å². The van der Waals surface area contributed by atoms with E-state index in [9.17, 15) is 13.2 Å². The molecule has 0 radical (unpaired) electrons. The predicted molar refractivity (Wildman–Crippen MR) is 60.0 cm³/mol. The van der Waals surface area contributed by atoms with Gasteiger partial charge >= 0.3 is 6.18 Å². The largest absolute Gasteiger partial charge is 0.409 e. The summed E-state index contributed by atoms with van der Waals surface area (Å²) in [6, 6.07) is 0.0244. The van der Waals surface area contributed by atoms with Gasteiger partial charge in [0.1, 0.15) is 5.92 Å². The van der Waals surface area contributed by atoms with Crippen LogP contribution in [0.5, 0.6) is 0 Å². The molecule has 0 bridgehead atoms. The molecule has 0 amide bonds. The molecule has 0 saturated carbocycles. The van der Waals surface area contributed by atoms with Crippen LogP contribution in [0.3, 0.4) is 0 Å². The highest BCUT2D eigenvalue weighted by Gasteiger charge is 2.43. The molecule has 0 rings (SSSR count). The van der Waals surface area contributed by atoms with Crippen LogP contribution in [-0.2, 0) is 0 Å². The second kappa shape index (κ2) is 6.68. The molecule has 0 saturated heterocycles. The molecule has 0 aromatic rings. The Hall–Kier alpha value is -0.980. The van der Waals surface area contributed by atoms with Crippen molar-refractivity contribution >= 4 is 5.84 Å². The smallest absolute Gasteiger partial charge is 0.400 e. The van der Waals surface area contributed by atoms with Crippen molar-refractivity contribution in [2.24, 2.45) is 16.8 Å². The Morgan fingerprint density at radius 2 is 2.00 bits per heavy atom. The Morgan fingerprint density at radius 1 is 1.47 bits per heavy atom. The number of rotatable bonds is 6. The lowest BCUT2D eigenvalue weighted by atomic mass is 10.1. The fourth-order valence-corrected chi connectivity index (χ4v) is 1.54. The van der Waals surface area contributed by atoms with E-state index in [2.05, 4.69) is 5.16 Å². The summed E-state index contributed by atoms with van der Waals surface area (Å²) in [5, 5.41) is 10.8. The van der Waals surface area contributed by atoms with Crippen molar-refractivity contribution in [3.8, 4) is 0 Å². The third kappa shape index (κ3) is 5.25. The van der Waals surface area contributed by atoms with Gasteiger partial charge in [0.25, 0.3) is 0 Å². The van der Waals surface area contributed by atoms with E-state index in [1.54, 1.807) is 11.9 Å². The number of nitrogens with zero attached hydrogens (tertiary/aromatic N) is 2. The van der Waals surface area contributed by atoms with E-state index in [1.807, 2.05) is 13.8 Å². The first-order valence-electron chi connectivity index (χ1n) is 5.48. The van der Waals surface area contributed by atoms with Gasteiger partial charge in [-0.05, 0) is 20.4 Å². The molecule has 3 N–H and O–H groups in total. The van der Waals surface area contributed by atoms with Crippen LogP contribution in [0.2, 0.25) is 0 Å². The fourth-order valence-electron chi connectivity index (χ4n) is 1.54. The molecule has 7 heteroatoms. The summed E-state index contributed by atoms with van der Waals surface area (Å²) in [6.45, 7) is 3.51. The highest BCUT2D eigenvalue weighted by molar-refractivity contribution is 5.83. The molecule has 102 valence electrons. The molecule has 0 heterocycles. The first kappa shape index (κ1) is 16.0. The van der Waals surface area contributed by atoms with Crippen molar-refractivity contribution in [3.05, 3.63) is 0 Å². The molecule has 2 unspecified atom stereocenters. The zero-order valence-corrected chi connectivity index (χ0v) is 10.3. The molecule has 0 spiro atoms. The fraction of sp³-hybridized carbons (Fsp3) is 0.900. The van der Waals surface area contributed by atoms with E-state index in [0.29, 0.717) is 0 Å². The van der Waals surface area contributed by atoms with Gasteiger partial charge in [0.05, 0.1) is 0 Å². The Kier molecular flexibility index (Phi) is 6.30. The van der Waals surface area contributed by atoms with Crippen LogP contribution in [0.25, 0.3) is 0 Å². The van der Waals surface area contributed by atoms with Crippen LogP contribution in [0.1, 0.15) is 26.7 Å². The van der Waals surface area contributed by atoms with Gasteiger partial charge in [-0.1, -0.05) is 18.5 Å². The summed E-state index contributed by atoms with van der Waals surface area (Å²) in [6.07, 6.45) is -2.81. The number of amidine groups is 1. The molecule has 4 nitrogen and oxygen atoms in total. The summed E-state index contributed by atoms with van der Waals surface area (Å²) in [4.78, 5) is 1.57. The van der Waals surface area contributed by atoms with Crippen molar-refractivity contribution in [2.75, 3.05) is 13.6 Å². The van der Waals surface area contributed by atoms with Gasteiger partial charge in [0.15, 0.2) is 5.84 Å². The first-order valence-corrected chi connectivity index (χ1v) is 5.48. The Morgan fingerprint density at radius 3 is 2.35 bits per heavy atom. The van der Waals surface area contributed by atoms with Crippen LogP contribution in [0.4, 0.5) is 13.2 Å². The second-order valence-electron chi connectivity index (χ2n) is 4.20. The zero-order valence-electron chi connectivity index (χ0n) is 10.3. The number of oxime groups is 1. The lowest BCUT2D eigenvalue weighted by Crippen LogP contribution is -2.45. The van der Waals surface area contributed by atoms with Crippen molar-refractivity contribution in [3.63, 3.8) is 0 Å². The monoisotopic (exact) mass is 255 g/mol. The van der Waals surface area contributed by atoms with Crippen molar-refractivity contribution in [1.82, 2.24) is 4.90 Å². The number of alkyl halides is 3. The second-order valence-corrected chi connectivity index (χ2v) is 4.20. The number of nitrogens with two attached hydrogens (primary N) is 1. The van der Waals surface area contributed by atoms with Crippen LogP contribution < -0.4 is 5.73 Å². The molecular weight excluding hydrogens is 235 g/mol. The lowest BCUT2D eigenvalue weighted by Gasteiger charge is -2.29. The normalized spacial score (nSPS) is 17.2. The molecule has 0 aliphatic carbocycles. The molecule has 0 aromatic carbocycles. The van der Waals surface area contributed by atoms with Crippen molar-refractivity contribution < 1.29 is 18.4 Å². The van der Waals surface area contributed by atoms with E-state index in [0.717, 1.165) is 12.8 Å². The third-order valence-electron chi connectivity index (χ3n) is 2.80. The number of halogens is 3. The molecular formula is C10H20F3N3O. The maximum Gasteiger partial charge on any atom is 0.400 e. The van der Waals surface area contributed by atoms with Crippen molar-refractivity contribution in [2.45, 2.75) is 38.9 Å². The quantitative estimate of drug-likeness (QED) is 0.330. The van der Waals surface area contributed by atoms with Crippen LogP contribution in [-0.4, -0.2) is 41.8 Å². The van der Waals surface area contributed by atoms with E-state index in [1.165, 1.54) is 0 Å². The minimum absolute atomic E-state index is 0.0244. The minimum atomic E-state index is -4.50. The number of hydrogen-bond donors (Lipinski definition) is 2. The van der Waals surface area contributed by atoms with E-state index in [-0.39, 0.29) is 12.6 Å². The Bertz CT molecular complexity index is 256. The highest BCUT2D eigenvalue weighted by Crippen LogP contribution is 2.27. The third-order valence-corrected chi connectivity index (χ3v) is 2.80. The molecule has 2 atom stereocenters. The van der Waals surface area contributed by atoms with Crippen molar-refractivity contribution in [1.29, 1.82) is 0 Å². The van der Waals surface area contributed by atoms with Gasteiger partial charge in [-0.3, -0.25) is 0 Å². The van der Waals surface area contributed by atoms with Crippen LogP contribution >= 0.6 is 0 Å². The molecule has 0 aliphatic heterocycles. The predicted octanol–water partition coefficient (Wildman–Crippen LogP) is 2.03. The van der Waals surface area contributed by atoms with Gasteiger partial charge in [-0.15, -0.1) is 0 Å². The van der Waals surface area contributed by atoms with Gasteiger partial charge < -0.3 is 15.8 Å². The maximum atomic E-state index is 12.7. The summed E-state index contributed by atoms with van der Waals surface area (Å²) in [7, 11) is 1.60. The average Bonchev–Trinajstić information content (AvgIpc) is 2.23. The molecule has 17 heavy (non-hydrogen) atoms. The topological polar surface area (TPSA) is 61.8 Å². The summed E-state index contributed by atoms with van der Waals surface area (Å²) >= 11 is 0. The van der Waals surface area contributed by atoms with Crippen LogP contribution in [0, 0.1) is 5.92 Å². The van der Waals surface area contributed by atoms with Gasteiger partial charge in [-0.2, -0.15) is 13.2 Å². The molecule has 0 aliphatic rings. The zero-order chi connectivity index (χ0) is 13.6. The van der Waals surface area contributed by atoms with Gasteiger partial charge in [-0.25, -0.2) is 0 Å². The van der Waals surface area contributed by atoms with E-state index in [4.69, 9.17) is 10.9 Å². The summed E-state index contributed by atoms with van der Waals surface area (Å²) in [5.41, 5.74) is 5.08. The summed E-state index contributed by atoms with van der Waals surface area (Å²) in [5.74, 6) is -2.73. The summed E-state index contributed by atoms with van der Waals surface area (Å²) < 4.78 is 38.0. The SMILES string of the molecule is CCCC(C)N(C)CC(C(N)=NO)C(F)(F)F. The average molecular weight is 255 g/mol.